The van der Waals surface area contributed by atoms with Gasteiger partial charge in [-0.1, -0.05) is 78.3 Å². The summed E-state index contributed by atoms with van der Waals surface area (Å²) in [6.45, 7) is 1.30. The highest BCUT2D eigenvalue weighted by Crippen LogP contribution is 2.53. The number of hydrogen-bond acceptors (Lipinski definition) is 5. The van der Waals surface area contributed by atoms with E-state index in [0.717, 1.165) is 51.9 Å². The number of rotatable bonds is 13. The van der Waals surface area contributed by atoms with Gasteiger partial charge >= 0.3 is 11.9 Å². The molecule has 8 heteroatoms. The summed E-state index contributed by atoms with van der Waals surface area (Å²) in [7, 11) is 0. The number of aryl methyl sites for hydroxylation is 1. The zero-order chi connectivity index (χ0) is 30.6. The maximum absolute atomic E-state index is 11.8. The third kappa shape index (κ3) is 7.66. The third-order valence-corrected chi connectivity index (χ3v) is 10.0. The van der Waals surface area contributed by atoms with Crippen LogP contribution in [0, 0.1) is 5.41 Å². The Morgan fingerprint density at radius 2 is 1.79 bits per heavy atom. The highest BCUT2D eigenvalue weighted by atomic mass is 35.5. The minimum atomic E-state index is -1.99. The van der Waals surface area contributed by atoms with Crippen molar-refractivity contribution in [1.82, 2.24) is 4.98 Å². The number of benzene rings is 3. The molecule has 0 bridgehead atoms. The summed E-state index contributed by atoms with van der Waals surface area (Å²) in [5.74, 6) is -1.32. The van der Waals surface area contributed by atoms with E-state index in [1.165, 1.54) is 6.92 Å². The molecule has 0 spiro atoms. The van der Waals surface area contributed by atoms with E-state index in [1.807, 2.05) is 66.7 Å². The van der Waals surface area contributed by atoms with Gasteiger partial charge in [-0.3, -0.25) is 4.79 Å². The monoisotopic (exact) mass is 615 g/mol. The SMILES string of the molecule is C[C@](O)(C(=O)O)c1ccccc1CC[C@@H](SCC1(CC(=O)O)CC1)c1cccc(/C=C/c2ccc3ccc(Cl)cc3n2)c1. The molecule has 43 heavy (non-hydrogen) atoms. The number of pyridine rings is 1. The molecule has 3 aromatic carbocycles. The predicted octanol–water partition coefficient (Wildman–Crippen LogP) is 8.01. The summed E-state index contributed by atoms with van der Waals surface area (Å²) in [5, 5.41) is 31.5. The third-order valence-electron chi connectivity index (χ3n) is 8.11. The molecule has 0 amide bonds. The molecule has 2 atom stereocenters. The van der Waals surface area contributed by atoms with Crippen LogP contribution in [0.1, 0.15) is 65.8 Å². The van der Waals surface area contributed by atoms with Crippen molar-refractivity contribution in [3.63, 3.8) is 0 Å². The number of nitrogens with zero attached hydrogens (tertiary/aromatic N) is 1. The number of halogens is 1. The Balaban J connectivity index is 1.39. The van der Waals surface area contributed by atoms with Crippen molar-refractivity contribution in [3.8, 4) is 0 Å². The van der Waals surface area contributed by atoms with Crippen molar-refractivity contribution < 1.29 is 24.9 Å². The molecular formula is C35H34ClNO5S. The van der Waals surface area contributed by atoms with Gasteiger partial charge in [-0.2, -0.15) is 11.8 Å². The van der Waals surface area contributed by atoms with E-state index < -0.39 is 17.5 Å². The molecular weight excluding hydrogens is 582 g/mol. The van der Waals surface area contributed by atoms with Crippen LogP contribution < -0.4 is 0 Å². The quantitative estimate of drug-likeness (QED) is 0.140. The van der Waals surface area contributed by atoms with Crippen LogP contribution in [0.5, 0.6) is 0 Å². The van der Waals surface area contributed by atoms with Crippen LogP contribution in [0.2, 0.25) is 5.02 Å². The zero-order valence-electron chi connectivity index (χ0n) is 23.9. The summed E-state index contributed by atoms with van der Waals surface area (Å²) in [4.78, 5) is 28.0. The molecule has 1 fully saturated rings. The Kier molecular flexibility index (Phi) is 9.25. The Morgan fingerprint density at radius 3 is 2.53 bits per heavy atom. The molecule has 0 unspecified atom stereocenters. The largest absolute Gasteiger partial charge is 0.481 e. The van der Waals surface area contributed by atoms with Crippen LogP contribution in [0.15, 0.2) is 78.9 Å². The minimum absolute atomic E-state index is 0.0448. The van der Waals surface area contributed by atoms with Gasteiger partial charge < -0.3 is 15.3 Å². The average Bonchev–Trinajstić information content (AvgIpc) is 3.74. The average molecular weight is 616 g/mol. The van der Waals surface area contributed by atoms with Gasteiger partial charge in [0.25, 0.3) is 0 Å². The molecule has 1 aromatic heterocycles. The van der Waals surface area contributed by atoms with Gasteiger partial charge in [0.1, 0.15) is 0 Å². The van der Waals surface area contributed by atoms with Crippen molar-refractivity contribution in [2.24, 2.45) is 5.41 Å². The maximum atomic E-state index is 11.8. The molecule has 0 saturated heterocycles. The van der Waals surface area contributed by atoms with Crippen LogP contribution in [0.4, 0.5) is 0 Å². The molecule has 6 nitrogen and oxygen atoms in total. The van der Waals surface area contributed by atoms with Gasteiger partial charge in [-0.25, -0.2) is 9.78 Å². The van der Waals surface area contributed by atoms with Crippen molar-refractivity contribution in [2.45, 2.75) is 49.9 Å². The Hall–Kier alpha value is -3.65. The number of aliphatic carboxylic acids is 2. The Bertz CT molecular complexity index is 1680. The fraction of sp³-hybridized carbons (Fsp3) is 0.286. The molecule has 1 aliphatic carbocycles. The Labute approximate surface area is 260 Å². The Morgan fingerprint density at radius 1 is 1.02 bits per heavy atom. The predicted molar refractivity (Wildman–Crippen MR) is 173 cm³/mol. The van der Waals surface area contributed by atoms with Crippen molar-refractivity contribution >= 4 is 58.4 Å². The molecule has 0 aliphatic heterocycles. The molecule has 4 aromatic rings. The molecule has 1 saturated carbocycles. The lowest BCUT2D eigenvalue weighted by atomic mass is 9.89. The zero-order valence-corrected chi connectivity index (χ0v) is 25.4. The lowest BCUT2D eigenvalue weighted by Crippen LogP contribution is -2.33. The van der Waals surface area contributed by atoms with Crippen LogP contribution in [0.25, 0.3) is 23.1 Å². The smallest absolute Gasteiger partial charge is 0.340 e. The summed E-state index contributed by atoms with van der Waals surface area (Å²) >= 11 is 7.92. The van der Waals surface area contributed by atoms with Gasteiger partial charge in [0.15, 0.2) is 5.60 Å². The molecule has 5 rings (SSSR count). The fourth-order valence-corrected chi connectivity index (χ4v) is 7.09. The molecule has 1 aliphatic rings. The van der Waals surface area contributed by atoms with E-state index in [-0.39, 0.29) is 17.1 Å². The van der Waals surface area contributed by atoms with E-state index in [0.29, 0.717) is 23.4 Å². The minimum Gasteiger partial charge on any atom is -0.481 e. The van der Waals surface area contributed by atoms with Gasteiger partial charge in [0.2, 0.25) is 0 Å². The highest BCUT2D eigenvalue weighted by Gasteiger charge is 2.44. The van der Waals surface area contributed by atoms with Crippen LogP contribution in [-0.2, 0) is 21.6 Å². The topological polar surface area (TPSA) is 108 Å². The first-order valence-electron chi connectivity index (χ1n) is 14.3. The summed E-state index contributed by atoms with van der Waals surface area (Å²) in [6.07, 6.45) is 7.25. The first-order valence-corrected chi connectivity index (χ1v) is 15.7. The number of fused-ring (bicyclic) bond motifs is 1. The number of aromatic nitrogens is 1. The van der Waals surface area contributed by atoms with Crippen LogP contribution in [-0.4, -0.2) is 38.0 Å². The second-order valence-electron chi connectivity index (χ2n) is 11.5. The number of carbonyl (C=O) groups is 2. The van der Waals surface area contributed by atoms with Gasteiger partial charge in [-0.15, -0.1) is 0 Å². The molecule has 3 N–H and O–H groups in total. The van der Waals surface area contributed by atoms with Gasteiger partial charge in [-0.05, 0) is 84.6 Å². The first kappa shape index (κ1) is 30.8. The van der Waals surface area contributed by atoms with Gasteiger partial charge in [0.05, 0.1) is 17.6 Å². The number of hydrogen-bond donors (Lipinski definition) is 3. The molecule has 0 radical (unpaired) electrons. The number of aliphatic hydroxyl groups is 1. The van der Waals surface area contributed by atoms with Crippen molar-refractivity contribution in [2.75, 3.05) is 5.75 Å². The van der Waals surface area contributed by atoms with E-state index >= 15 is 0 Å². The number of carboxylic acids is 2. The van der Waals surface area contributed by atoms with E-state index in [1.54, 1.807) is 23.9 Å². The lowest BCUT2D eigenvalue weighted by Gasteiger charge is -2.24. The van der Waals surface area contributed by atoms with E-state index in [9.17, 15) is 24.9 Å². The molecule has 1 heterocycles. The normalized spacial score (nSPS) is 16.2. The maximum Gasteiger partial charge on any atom is 0.340 e. The second kappa shape index (κ2) is 12.9. The van der Waals surface area contributed by atoms with Gasteiger partial charge in [0, 0.05) is 21.4 Å². The number of carboxylic acid groups (broad SMARTS) is 2. The van der Waals surface area contributed by atoms with Crippen molar-refractivity contribution in [3.05, 3.63) is 112 Å². The van der Waals surface area contributed by atoms with E-state index in [4.69, 9.17) is 16.6 Å². The van der Waals surface area contributed by atoms with Crippen molar-refractivity contribution in [1.29, 1.82) is 0 Å². The summed E-state index contributed by atoms with van der Waals surface area (Å²) < 4.78 is 0. The van der Waals surface area contributed by atoms with Crippen LogP contribution in [0.3, 0.4) is 0 Å². The first-order chi connectivity index (χ1) is 20.5. The van der Waals surface area contributed by atoms with E-state index in [2.05, 4.69) is 12.1 Å². The summed E-state index contributed by atoms with van der Waals surface area (Å²) in [5.41, 5.74) is 2.78. The lowest BCUT2D eigenvalue weighted by molar-refractivity contribution is -0.157. The number of thioether (sulfide) groups is 1. The molecule has 222 valence electrons. The second-order valence-corrected chi connectivity index (χ2v) is 13.1. The van der Waals surface area contributed by atoms with Crippen LogP contribution >= 0.6 is 23.4 Å². The highest BCUT2D eigenvalue weighted by molar-refractivity contribution is 7.99. The summed E-state index contributed by atoms with van der Waals surface area (Å²) in [6, 6.07) is 25.0. The standard InChI is InChI=1S/C35H34ClNO5S/c1-34(42,33(40)41)29-8-3-2-6-24(29)12-16-31(43-22-35(17-18-35)21-32(38)39)26-7-4-5-23(19-26)9-14-28-15-11-25-10-13-27(36)20-30(25)37-28/h2-11,13-15,19-20,31,42H,12,16-18,21-22H2,1H3,(H,38,39)(H,40,41)/b14-9+/t31-,34-/m1/s1. The fourth-order valence-electron chi connectivity index (χ4n) is 5.35.